The van der Waals surface area contributed by atoms with Crippen molar-refractivity contribution >= 4 is 11.8 Å². The molecule has 1 saturated carbocycles. The number of hydrogen-bond acceptors (Lipinski definition) is 2. The van der Waals surface area contributed by atoms with Gasteiger partial charge in [0.25, 0.3) is 0 Å². The number of ketones is 1. The predicted molar refractivity (Wildman–Crippen MR) is 53.0 cm³/mol. The maximum atomic E-state index is 11.6. The molecule has 1 N–H and O–H groups in total. The number of carbonyl (C=O) groups is 2. The molecule has 3 heteroatoms. The van der Waals surface area contributed by atoms with Crippen LogP contribution in [0.5, 0.6) is 0 Å². The summed E-state index contributed by atoms with van der Waals surface area (Å²) in [5.74, 6) is -0.725. The second-order valence-electron chi connectivity index (χ2n) is 5.54. The molecule has 0 heterocycles. The molecule has 0 aromatic rings. The molecular formula is C11H18O3. The Kier molecular flexibility index (Phi) is 2.70. The van der Waals surface area contributed by atoms with Crippen molar-refractivity contribution in [3.05, 3.63) is 0 Å². The Balaban J connectivity index is 2.46. The molecule has 14 heavy (non-hydrogen) atoms. The number of Topliss-reactive ketones (excluding diaryl/α,β-unsaturated/α-hetero) is 1. The van der Waals surface area contributed by atoms with E-state index in [9.17, 15) is 9.59 Å². The van der Waals surface area contributed by atoms with E-state index in [1.807, 2.05) is 20.8 Å². The van der Waals surface area contributed by atoms with Gasteiger partial charge in [-0.05, 0) is 18.3 Å². The highest BCUT2D eigenvalue weighted by Gasteiger charge is 2.51. The van der Waals surface area contributed by atoms with Crippen molar-refractivity contribution in [3.8, 4) is 0 Å². The summed E-state index contributed by atoms with van der Waals surface area (Å²) in [6.45, 7) is 5.97. The average Bonchev–Trinajstić information content (AvgIpc) is 2.63. The lowest BCUT2D eigenvalue weighted by molar-refractivity contribution is -0.145. The molecule has 0 aliphatic heterocycles. The van der Waals surface area contributed by atoms with Crippen molar-refractivity contribution in [2.75, 3.05) is 0 Å². The maximum absolute atomic E-state index is 11.6. The summed E-state index contributed by atoms with van der Waals surface area (Å²) in [7, 11) is 0. The van der Waals surface area contributed by atoms with E-state index in [-0.39, 0.29) is 17.6 Å². The molecule has 1 fully saturated rings. The second-order valence-corrected chi connectivity index (χ2v) is 5.54. The van der Waals surface area contributed by atoms with Gasteiger partial charge in [0, 0.05) is 12.8 Å². The molecule has 0 spiro atoms. The minimum absolute atomic E-state index is 0.0360. The van der Waals surface area contributed by atoms with Crippen molar-refractivity contribution < 1.29 is 14.7 Å². The molecule has 0 aromatic heterocycles. The van der Waals surface area contributed by atoms with E-state index in [4.69, 9.17) is 5.11 Å². The lowest BCUT2D eigenvalue weighted by Gasteiger charge is -2.18. The fourth-order valence-electron chi connectivity index (χ4n) is 1.65. The minimum Gasteiger partial charge on any atom is -0.481 e. The molecule has 1 aliphatic rings. The third kappa shape index (κ3) is 2.82. The minimum atomic E-state index is -0.806. The Bertz CT molecular complexity index is 256. The maximum Gasteiger partial charge on any atom is 0.310 e. The van der Waals surface area contributed by atoms with E-state index in [0.717, 1.165) is 0 Å². The Morgan fingerprint density at radius 2 is 1.79 bits per heavy atom. The van der Waals surface area contributed by atoms with E-state index in [1.54, 1.807) is 0 Å². The van der Waals surface area contributed by atoms with Crippen molar-refractivity contribution in [2.24, 2.45) is 10.8 Å². The van der Waals surface area contributed by atoms with Gasteiger partial charge < -0.3 is 5.11 Å². The molecule has 0 radical (unpaired) electrons. The van der Waals surface area contributed by atoms with Crippen LogP contribution in [-0.2, 0) is 9.59 Å². The van der Waals surface area contributed by atoms with Crippen molar-refractivity contribution in [2.45, 2.75) is 46.5 Å². The van der Waals surface area contributed by atoms with Crippen molar-refractivity contribution in [1.82, 2.24) is 0 Å². The van der Waals surface area contributed by atoms with E-state index in [1.165, 1.54) is 0 Å². The number of carbonyl (C=O) groups excluding carboxylic acids is 1. The van der Waals surface area contributed by atoms with Gasteiger partial charge in [-0.15, -0.1) is 0 Å². The second kappa shape index (κ2) is 3.37. The number of carboxylic acids is 1. The van der Waals surface area contributed by atoms with Crippen LogP contribution in [0.25, 0.3) is 0 Å². The van der Waals surface area contributed by atoms with Crippen LogP contribution in [0.15, 0.2) is 0 Å². The summed E-state index contributed by atoms with van der Waals surface area (Å²) < 4.78 is 0. The normalized spacial score (nSPS) is 19.1. The van der Waals surface area contributed by atoms with E-state index < -0.39 is 11.4 Å². The average molecular weight is 198 g/mol. The fraction of sp³-hybridized carbons (Fsp3) is 0.818. The molecule has 0 amide bonds. The Morgan fingerprint density at radius 3 is 2.07 bits per heavy atom. The summed E-state index contributed by atoms with van der Waals surface area (Å²) in [6, 6.07) is 0. The lowest BCUT2D eigenvalue weighted by atomic mass is 9.86. The molecule has 1 aliphatic carbocycles. The zero-order chi connectivity index (χ0) is 11.0. The van der Waals surface area contributed by atoms with Crippen molar-refractivity contribution in [1.29, 1.82) is 0 Å². The predicted octanol–water partition coefficient (Wildman–Crippen LogP) is 2.25. The van der Waals surface area contributed by atoms with Gasteiger partial charge in [0.15, 0.2) is 0 Å². The number of carboxylic acid groups (broad SMARTS) is 1. The first-order valence-electron chi connectivity index (χ1n) is 5.00. The third-order valence-corrected chi connectivity index (χ3v) is 2.57. The van der Waals surface area contributed by atoms with Gasteiger partial charge in [-0.25, -0.2) is 0 Å². The van der Waals surface area contributed by atoms with Gasteiger partial charge in [-0.2, -0.15) is 0 Å². The van der Waals surface area contributed by atoms with E-state index in [2.05, 4.69) is 0 Å². The van der Waals surface area contributed by atoms with Gasteiger partial charge in [0.05, 0.1) is 5.41 Å². The lowest BCUT2D eigenvalue weighted by Crippen LogP contribution is -2.22. The molecule has 80 valence electrons. The smallest absolute Gasteiger partial charge is 0.310 e. The van der Waals surface area contributed by atoms with Crippen LogP contribution in [0.4, 0.5) is 0 Å². The first-order valence-corrected chi connectivity index (χ1v) is 5.00. The highest BCUT2D eigenvalue weighted by molar-refractivity contribution is 5.88. The molecule has 0 bridgehead atoms. The summed E-state index contributed by atoms with van der Waals surface area (Å²) >= 11 is 0. The van der Waals surface area contributed by atoms with E-state index in [0.29, 0.717) is 19.3 Å². The quantitative estimate of drug-likeness (QED) is 0.753. The number of rotatable bonds is 4. The topological polar surface area (TPSA) is 54.4 Å². The van der Waals surface area contributed by atoms with Crippen LogP contribution < -0.4 is 0 Å². The molecule has 0 saturated heterocycles. The number of aliphatic carboxylic acids is 1. The van der Waals surface area contributed by atoms with Crippen LogP contribution in [0, 0.1) is 10.8 Å². The Hall–Kier alpha value is -0.860. The van der Waals surface area contributed by atoms with Gasteiger partial charge in [0.2, 0.25) is 0 Å². The van der Waals surface area contributed by atoms with Gasteiger partial charge >= 0.3 is 5.97 Å². The largest absolute Gasteiger partial charge is 0.481 e. The summed E-state index contributed by atoms with van der Waals surface area (Å²) in [4.78, 5) is 22.4. The first-order chi connectivity index (χ1) is 6.25. The molecule has 0 unspecified atom stereocenters. The highest BCUT2D eigenvalue weighted by Crippen LogP contribution is 2.49. The molecule has 0 aromatic carbocycles. The Morgan fingerprint density at radius 1 is 1.29 bits per heavy atom. The summed E-state index contributed by atoms with van der Waals surface area (Å²) in [6.07, 6.45) is 2.03. The fourth-order valence-corrected chi connectivity index (χ4v) is 1.65. The Labute approximate surface area is 84.5 Å². The zero-order valence-electron chi connectivity index (χ0n) is 9.09. The SMILES string of the molecule is CC(C)(C)CC(=O)CC1(C(=O)O)CC1. The zero-order valence-corrected chi connectivity index (χ0v) is 9.09. The molecule has 0 atom stereocenters. The first kappa shape index (κ1) is 11.2. The molecule has 3 nitrogen and oxygen atoms in total. The highest BCUT2D eigenvalue weighted by atomic mass is 16.4. The van der Waals surface area contributed by atoms with Gasteiger partial charge in [0.1, 0.15) is 5.78 Å². The van der Waals surface area contributed by atoms with Gasteiger partial charge in [-0.1, -0.05) is 20.8 Å². The molecule has 1 rings (SSSR count). The van der Waals surface area contributed by atoms with E-state index >= 15 is 0 Å². The van der Waals surface area contributed by atoms with Crippen LogP contribution in [-0.4, -0.2) is 16.9 Å². The van der Waals surface area contributed by atoms with Crippen LogP contribution in [0.2, 0.25) is 0 Å². The summed E-state index contributed by atoms with van der Waals surface area (Å²) in [5.41, 5.74) is -0.728. The van der Waals surface area contributed by atoms with Crippen LogP contribution >= 0.6 is 0 Å². The summed E-state index contributed by atoms with van der Waals surface area (Å²) in [5, 5.41) is 8.90. The monoisotopic (exact) mass is 198 g/mol. The number of hydrogen-bond donors (Lipinski definition) is 1. The van der Waals surface area contributed by atoms with Gasteiger partial charge in [-0.3, -0.25) is 9.59 Å². The third-order valence-electron chi connectivity index (χ3n) is 2.57. The molecular weight excluding hydrogens is 180 g/mol. The van der Waals surface area contributed by atoms with Crippen molar-refractivity contribution in [3.63, 3.8) is 0 Å². The van der Waals surface area contributed by atoms with Crippen LogP contribution in [0.1, 0.15) is 46.5 Å². The van der Waals surface area contributed by atoms with Crippen LogP contribution in [0.3, 0.4) is 0 Å². The standard InChI is InChI=1S/C11H18O3/c1-10(2,3)6-8(12)7-11(4-5-11)9(13)14/h4-7H2,1-3H3,(H,13,14).